The van der Waals surface area contributed by atoms with Crippen LogP contribution in [-0.2, 0) is 17.9 Å². The van der Waals surface area contributed by atoms with Crippen molar-refractivity contribution in [2.24, 2.45) is 0 Å². The number of nitrogens with one attached hydrogen (secondary N) is 1. The van der Waals surface area contributed by atoms with E-state index in [0.29, 0.717) is 23.8 Å². The van der Waals surface area contributed by atoms with Gasteiger partial charge in [0.15, 0.2) is 0 Å². The van der Waals surface area contributed by atoms with E-state index in [-0.39, 0.29) is 17.9 Å². The van der Waals surface area contributed by atoms with Gasteiger partial charge in [0.2, 0.25) is 5.91 Å². The van der Waals surface area contributed by atoms with Gasteiger partial charge in [0.25, 0.3) is 5.91 Å². The second kappa shape index (κ2) is 7.99. The van der Waals surface area contributed by atoms with Gasteiger partial charge >= 0.3 is 0 Å². The van der Waals surface area contributed by atoms with Crippen molar-refractivity contribution < 1.29 is 9.59 Å². The maximum atomic E-state index is 13.7. The van der Waals surface area contributed by atoms with Gasteiger partial charge in [0, 0.05) is 17.6 Å². The van der Waals surface area contributed by atoms with E-state index < -0.39 is 5.54 Å². The third kappa shape index (κ3) is 3.66. The molecule has 1 atom stereocenters. The number of rotatable bonds is 4. The summed E-state index contributed by atoms with van der Waals surface area (Å²) in [6.07, 6.45) is 5.53. The Hall–Kier alpha value is -2.31. The summed E-state index contributed by atoms with van der Waals surface area (Å²) in [6, 6.07) is 11.7. The lowest BCUT2D eigenvalue weighted by Crippen LogP contribution is -2.64. The van der Waals surface area contributed by atoms with Gasteiger partial charge in [-0.05, 0) is 55.0 Å². The van der Waals surface area contributed by atoms with E-state index >= 15 is 0 Å². The fourth-order valence-electron chi connectivity index (χ4n) is 4.93. The molecule has 2 aliphatic rings. The normalized spacial score (nSPS) is 22.0. The fourth-order valence-corrected chi connectivity index (χ4v) is 5.96. The molecule has 2 aromatic heterocycles. The number of benzene rings is 1. The fraction of sp³-hybridized carbons (Fsp3) is 0.417. The van der Waals surface area contributed by atoms with Crippen LogP contribution in [0.5, 0.6) is 0 Å². The summed E-state index contributed by atoms with van der Waals surface area (Å²) in [7, 11) is 0. The lowest BCUT2D eigenvalue weighted by molar-refractivity contribution is -0.134. The lowest BCUT2D eigenvalue weighted by atomic mass is 9.91. The molecule has 1 N–H and O–H groups in total. The Morgan fingerprint density at radius 1 is 1.23 bits per heavy atom. The van der Waals surface area contributed by atoms with E-state index in [1.807, 2.05) is 53.3 Å². The number of halogens is 1. The SMILES string of the molecule is C[C@@]1(C(=O)NC2CCCCC2)Cn2c(cc3sccc32)C(=O)N1Cc1cccc(Cl)c1. The first-order valence-corrected chi connectivity index (χ1v) is 12.2. The van der Waals surface area contributed by atoms with Gasteiger partial charge in [-0.25, -0.2) is 0 Å². The largest absolute Gasteiger partial charge is 0.351 e. The van der Waals surface area contributed by atoms with E-state index in [9.17, 15) is 9.59 Å². The van der Waals surface area contributed by atoms with Crippen LogP contribution in [0.15, 0.2) is 41.8 Å². The number of amides is 2. The number of hydrogen-bond acceptors (Lipinski definition) is 3. The van der Waals surface area contributed by atoms with Gasteiger partial charge < -0.3 is 14.8 Å². The molecule has 1 fully saturated rings. The van der Waals surface area contributed by atoms with Crippen molar-refractivity contribution in [1.82, 2.24) is 14.8 Å². The van der Waals surface area contributed by atoms with Crippen molar-refractivity contribution in [2.45, 2.75) is 63.7 Å². The average molecular weight is 456 g/mol. The average Bonchev–Trinajstić information content (AvgIpc) is 3.34. The van der Waals surface area contributed by atoms with Crippen molar-refractivity contribution in [3.8, 4) is 0 Å². The van der Waals surface area contributed by atoms with Gasteiger partial charge in [-0.2, -0.15) is 0 Å². The molecule has 0 radical (unpaired) electrons. The molecule has 0 saturated heterocycles. The molecule has 1 saturated carbocycles. The Bertz CT molecular complexity index is 1150. The minimum absolute atomic E-state index is 0.0718. The molecule has 0 spiro atoms. The molecule has 2 amide bonds. The summed E-state index contributed by atoms with van der Waals surface area (Å²) in [5.41, 5.74) is 1.59. The van der Waals surface area contributed by atoms with E-state index in [0.717, 1.165) is 41.5 Å². The summed E-state index contributed by atoms with van der Waals surface area (Å²) in [5.74, 6) is -0.187. The van der Waals surface area contributed by atoms with Crippen molar-refractivity contribution in [3.05, 3.63) is 58.1 Å². The van der Waals surface area contributed by atoms with Crippen LogP contribution in [0, 0.1) is 0 Å². The van der Waals surface area contributed by atoms with Crippen LogP contribution in [0.4, 0.5) is 0 Å². The highest BCUT2D eigenvalue weighted by atomic mass is 35.5. The first-order valence-electron chi connectivity index (χ1n) is 10.9. The molecule has 5 rings (SSSR count). The van der Waals surface area contributed by atoms with Gasteiger partial charge in [0.1, 0.15) is 11.2 Å². The second-order valence-corrected chi connectivity index (χ2v) is 10.3. The zero-order valence-corrected chi connectivity index (χ0v) is 19.1. The van der Waals surface area contributed by atoms with Crippen molar-refractivity contribution >= 4 is 45.0 Å². The van der Waals surface area contributed by atoms with Crippen LogP contribution in [0.25, 0.3) is 10.2 Å². The standard InChI is InChI=1S/C24H26ClN3O2S/c1-24(23(30)26-18-8-3-2-4-9-18)15-27-19-10-11-31-21(19)13-20(27)22(29)28(24)14-16-6-5-7-17(25)12-16/h5-7,10-13,18H,2-4,8-9,14-15H2,1H3,(H,26,30)/t24-/m0/s1. The Balaban J connectivity index is 1.53. The smallest absolute Gasteiger partial charge is 0.271 e. The molecule has 0 unspecified atom stereocenters. The van der Waals surface area contributed by atoms with Crippen molar-refractivity contribution in [3.63, 3.8) is 0 Å². The Labute approximate surface area is 191 Å². The maximum Gasteiger partial charge on any atom is 0.271 e. The van der Waals surface area contributed by atoms with Crippen LogP contribution in [-0.4, -0.2) is 32.9 Å². The molecule has 3 heterocycles. The summed E-state index contributed by atoms with van der Waals surface area (Å²) >= 11 is 7.81. The molecule has 1 aliphatic carbocycles. The van der Waals surface area contributed by atoms with E-state index in [1.54, 1.807) is 16.2 Å². The molecule has 31 heavy (non-hydrogen) atoms. The van der Waals surface area contributed by atoms with Crippen LogP contribution in [0.3, 0.4) is 0 Å². The molecular formula is C24H26ClN3O2S. The zero-order valence-electron chi connectivity index (χ0n) is 17.6. The number of aromatic nitrogens is 1. The summed E-state index contributed by atoms with van der Waals surface area (Å²) in [4.78, 5) is 29.1. The third-order valence-electron chi connectivity index (χ3n) is 6.71. The molecule has 1 aromatic carbocycles. The Morgan fingerprint density at radius 2 is 2.03 bits per heavy atom. The number of fused-ring (bicyclic) bond motifs is 3. The predicted molar refractivity (Wildman–Crippen MR) is 125 cm³/mol. The second-order valence-electron chi connectivity index (χ2n) is 8.89. The lowest BCUT2D eigenvalue weighted by Gasteiger charge is -2.45. The van der Waals surface area contributed by atoms with E-state index in [1.165, 1.54) is 6.42 Å². The molecule has 0 bridgehead atoms. The maximum absolute atomic E-state index is 13.7. The van der Waals surface area contributed by atoms with Crippen LogP contribution in [0.2, 0.25) is 5.02 Å². The first-order chi connectivity index (χ1) is 15.0. The number of carbonyl (C=O) groups excluding carboxylic acids is 2. The van der Waals surface area contributed by atoms with Gasteiger partial charge in [-0.1, -0.05) is 43.0 Å². The van der Waals surface area contributed by atoms with Gasteiger partial charge in [0.05, 0.1) is 16.8 Å². The molecule has 3 aromatic rings. The molecular weight excluding hydrogens is 430 g/mol. The Morgan fingerprint density at radius 3 is 2.81 bits per heavy atom. The highest BCUT2D eigenvalue weighted by Gasteiger charge is 2.48. The molecule has 7 heteroatoms. The van der Waals surface area contributed by atoms with Gasteiger partial charge in [-0.3, -0.25) is 9.59 Å². The van der Waals surface area contributed by atoms with Crippen LogP contribution >= 0.6 is 22.9 Å². The van der Waals surface area contributed by atoms with E-state index in [2.05, 4.69) is 5.32 Å². The minimum atomic E-state index is -0.988. The van der Waals surface area contributed by atoms with Crippen molar-refractivity contribution in [1.29, 1.82) is 0 Å². The number of hydrogen-bond donors (Lipinski definition) is 1. The molecule has 162 valence electrons. The summed E-state index contributed by atoms with van der Waals surface area (Å²) < 4.78 is 3.09. The monoisotopic (exact) mass is 455 g/mol. The third-order valence-corrected chi connectivity index (χ3v) is 7.80. The van der Waals surface area contributed by atoms with E-state index in [4.69, 9.17) is 11.6 Å². The molecule has 5 nitrogen and oxygen atoms in total. The van der Waals surface area contributed by atoms with Crippen molar-refractivity contribution in [2.75, 3.05) is 0 Å². The van der Waals surface area contributed by atoms with Crippen LogP contribution in [0.1, 0.15) is 55.1 Å². The number of nitrogens with zero attached hydrogens (tertiary/aromatic N) is 2. The van der Waals surface area contributed by atoms with Crippen LogP contribution < -0.4 is 5.32 Å². The highest BCUT2D eigenvalue weighted by molar-refractivity contribution is 7.17. The number of thiophene rings is 1. The van der Waals surface area contributed by atoms with Gasteiger partial charge in [-0.15, -0.1) is 11.3 Å². The zero-order chi connectivity index (χ0) is 21.6. The number of carbonyl (C=O) groups is 2. The minimum Gasteiger partial charge on any atom is -0.351 e. The highest BCUT2D eigenvalue weighted by Crippen LogP contribution is 2.35. The summed E-state index contributed by atoms with van der Waals surface area (Å²) in [5, 5.41) is 5.92. The first kappa shape index (κ1) is 20.6. The Kier molecular flexibility index (Phi) is 5.30. The molecule has 1 aliphatic heterocycles. The quantitative estimate of drug-likeness (QED) is 0.586. The summed E-state index contributed by atoms with van der Waals surface area (Å²) in [6.45, 7) is 2.68. The topological polar surface area (TPSA) is 54.3 Å². The predicted octanol–water partition coefficient (Wildman–Crippen LogP) is 5.22.